The fourth-order valence-corrected chi connectivity index (χ4v) is 3.58. The van der Waals surface area contributed by atoms with E-state index < -0.39 is 23.7 Å². The molecule has 1 amide bonds. The quantitative estimate of drug-likeness (QED) is 0.754. The van der Waals surface area contributed by atoms with Gasteiger partial charge >= 0.3 is 5.97 Å². The van der Waals surface area contributed by atoms with Gasteiger partial charge in [-0.05, 0) is 31.9 Å². The van der Waals surface area contributed by atoms with Gasteiger partial charge in [-0.2, -0.15) is 5.26 Å². The molecule has 7 nitrogen and oxygen atoms in total. The molecular weight excluding hydrogens is 348 g/mol. The van der Waals surface area contributed by atoms with Crippen LogP contribution in [0.25, 0.3) is 0 Å². The maximum Gasteiger partial charge on any atom is 0.351 e. The molecular formula is C20H24N2O5. The third-order valence-corrected chi connectivity index (χ3v) is 5.27. The van der Waals surface area contributed by atoms with Crippen LogP contribution in [0.3, 0.4) is 0 Å². The molecule has 1 fully saturated rings. The number of esters is 1. The highest BCUT2D eigenvalue weighted by molar-refractivity contribution is 5.85. The van der Waals surface area contributed by atoms with Crippen LogP contribution >= 0.6 is 0 Å². The van der Waals surface area contributed by atoms with Gasteiger partial charge in [0.25, 0.3) is 5.91 Å². The lowest BCUT2D eigenvalue weighted by atomic mass is 9.81. The first-order chi connectivity index (χ1) is 13.0. The summed E-state index contributed by atoms with van der Waals surface area (Å²) in [5, 5.41) is 9.63. The van der Waals surface area contributed by atoms with Crippen molar-refractivity contribution in [1.82, 2.24) is 4.90 Å². The minimum Gasteiger partial charge on any atom is -0.485 e. The zero-order chi connectivity index (χ0) is 19.4. The number of ether oxygens (including phenoxy) is 3. The number of hydrogen-bond acceptors (Lipinski definition) is 6. The van der Waals surface area contributed by atoms with Crippen LogP contribution < -0.4 is 9.47 Å². The molecule has 27 heavy (non-hydrogen) atoms. The van der Waals surface area contributed by atoms with E-state index in [1.165, 1.54) is 11.8 Å². The van der Waals surface area contributed by atoms with Gasteiger partial charge in [-0.1, -0.05) is 31.4 Å². The molecule has 1 aliphatic heterocycles. The van der Waals surface area contributed by atoms with Crippen LogP contribution in [0.15, 0.2) is 24.3 Å². The molecule has 2 aliphatic rings. The predicted octanol–water partition coefficient (Wildman–Crippen LogP) is 2.44. The monoisotopic (exact) mass is 372 g/mol. The Bertz CT molecular complexity index is 751. The SMILES string of the molecule is C[C@H](OC(=O)[C@@H]1COc2ccccc2O1)C(=O)N(C)C1(C#N)CCCCC1. The van der Waals surface area contributed by atoms with E-state index in [1.54, 1.807) is 25.2 Å². The maximum absolute atomic E-state index is 12.7. The molecule has 0 saturated heterocycles. The van der Waals surface area contributed by atoms with Crippen molar-refractivity contribution in [2.24, 2.45) is 0 Å². The van der Waals surface area contributed by atoms with Gasteiger partial charge < -0.3 is 19.1 Å². The van der Waals surface area contributed by atoms with Crippen molar-refractivity contribution in [2.45, 2.75) is 56.8 Å². The number of carbonyl (C=O) groups is 2. The summed E-state index contributed by atoms with van der Waals surface area (Å²) in [6, 6.07) is 9.35. The molecule has 0 aromatic heterocycles. The van der Waals surface area contributed by atoms with Gasteiger partial charge in [0.15, 0.2) is 17.6 Å². The Hall–Kier alpha value is -2.75. The van der Waals surface area contributed by atoms with Crippen molar-refractivity contribution < 1.29 is 23.8 Å². The van der Waals surface area contributed by atoms with E-state index in [-0.39, 0.29) is 12.5 Å². The van der Waals surface area contributed by atoms with Crippen molar-refractivity contribution in [2.75, 3.05) is 13.7 Å². The highest BCUT2D eigenvalue weighted by Crippen LogP contribution is 2.33. The van der Waals surface area contributed by atoms with E-state index in [0.29, 0.717) is 24.3 Å². The number of para-hydroxylation sites is 2. The lowest BCUT2D eigenvalue weighted by Crippen LogP contribution is -2.53. The van der Waals surface area contributed by atoms with Crippen LogP contribution in [-0.4, -0.2) is 48.2 Å². The van der Waals surface area contributed by atoms with Gasteiger partial charge in [0.05, 0.1) is 6.07 Å². The van der Waals surface area contributed by atoms with E-state index in [4.69, 9.17) is 14.2 Å². The molecule has 7 heteroatoms. The summed E-state index contributed by atoms with van der Waals surface area (Å²) in [5.74, 6) is -0.0107. The number of rotatable bonds is 4. The van der Waals surface area contributed by atoms with Gasteiger partial charge in [0.1, 0.15) is 12.1 Å². The fourth-order valence-electron chi connectivity index (χ4n) is 3.58. The predicted molar refractivity (Wildman–Crippen MR) is 96.1 cm³/mol. The Labute approximate surface area is 158 Å². The Morgan fingerprint density at radius 3 is 2.59 bits per heavy atom. The van der Waals surface area contributed by atoms with Gasteiger partial charge in [0, 0.05) is 7.05 Å². The Kier molecular flexibility index (Phi) is 5.54. The molecule has 0 radical (unpaired) electrons. The Balaban J connectivity index is 1.61. The van der Waals surface area contributed by atoms with Crippen molar-refractivity contribution in [3.63, 3.8) is 0 Å². The fraction of sp³-hybridized carbons (Fsp3) is 0.550. The number of nitrogens with zero attached hydrogens (tertiary/aromatic N) is 2. The van der Waals surface area contributed by atoms with E-state index in [1.807, 2.05) is 6.07 Å². The van der Waals surface area contributed by atoms with Crippen LogP contribution in [0.4, 0.5) is 0 Å². The van der Waals surface area contributed by atoms with Gasteiger partial charge in [-0.3, -0.25) is 4.79 Å². The van der Waals surface area contributed by atoms with Gasteiger partial charge in [0.2, 0.25) is 6.10 Å². The van der Waals surface area contributed by atoms with Gasteiger partial charge in [-0.25, -0.2) is 4.79 Å². The summed E-state index contributed by atoms with van der Waals surface area (Å²) in [5.41, 5.74) is -0.820. The third-order valence-electron chi connectivity index (χ3n) is 5.27. The number of nitriles is 1. The topological polar surface area (TPSA) is 88.9 Å². The average molecular weight is 372 g/mol. The molecule has 1 saturated carbocycles. The summed E-state index contributed by atoms with van der Waals surface area (Å²) >= 11 is 0. The van der Waals surface area contributed by atoms with Crippen molar-refractivity contribution in [3.8, 4) is 17.6 Å². The van der Waals surface area contributed by atoms with E-state index in [2.05, 4.69) is 6.07 Å². The second-order valence-corrected chi connectivity index (χ2v) is 7.04. The number of hydrogen-bond donors (Lipinski definition) is 0. The number of amides is 1. The lowest BCUT2D eigenvalue weighted by Gasteiger charge is -2.40. The highest BCUT2D eigenvalue weighted by atomic mass is 16.6. The largest absolute Gasteiger partial charge is 0.485 e. The first-order valence-electron chi connectivity index (χ1n) is 9.25. The second-order valence-electron chi connectivity index (χ2n) is 7.04. The average Bonchev–Trinajstić information content (AvgIpc) is 2.72. The van der Waals surface area contributed by atoms with Crippen LogP contribution in [0.1, 0.15) is 39.0 Å². The Morgan fingerprint density at radius 2 is 1.93 bits per heavy atom. The maximum atomic E-state index is 12.7. The number of benzene rings is 1. The van der Waals surface area contributed by atoms with Crippen molar-refractivity contribution >= 4 is 11.9 Å². The van der Waals surface area contributed by atoms with Crippen molar-refractivity contribution in [3.05, 3.63) is 24.3 Å². The van der Waals surface area contributed by atoms with Crippen LogP contribution in [0.2, 0.25) is 0 Å². The zero-order valence-electron chi connectivity index (χ0n) is 15.6. The van der Waals surface area contributed by atoms with Crippen LogP contribution in [-0.2, 0) is 14.3 Å². The zero-order valence-corrected chi connectivity index (χ0v) is 15.6. The summed E-state index contributed by atoms with van der Waals surface area (Å²) in [6.45, 7) is 1.54. The molecule has 2 atom stereocenters. The highest BCUT2D eigenvalue weighted by Gasteiger charge is 2.41. The Morgan fingerprint density at radius 1 is 1.26 bits per heavy atom. The molecule has 1 aromatic carbocycles. The second kappa shape index (κ2) is 7.87. The smallest absolute Gasteiger partial charge is 0.351 e. The minimum absolute atomic E-state index is 0.0225. The van der Waals surface area contributed by atoms with E-state index in [9.17, 15) is 14.9 Å². The van der Waals surface area contributed by atoms with Crippen LogP contribution in [0, 0.1) is 11.3 Å². The molecule has 0 unspecified atom stereocenters. The third kappa shape index (κ3) is 3.85. The van der Waals surface area contributed by atoms with Crippen molar-refractivity contribution in [1.29, 1.82) is 5.26 Å². The summed E-state index contributed by atoms with van der Waals surface area (Å²) in [7, 11) is 1.61. The van der Waals surface area contributed by atoms with E-state index in [0.717, 1.165) is 19.3 Å². The molecule has 1 aromatic rings. The first-order valence-corrected chi connectivity index (χ1v) is 9.25. The summed E-state index contributed by atoms with van der Waals surface area (Å²) < 4.78 is 16.4. The molecule has 3 rings (SSSR count). The van der Waals surface area contributed by atoms with E-state index >= 15 is 0 Å². The summed E-state index contributed by atoms with van der Waals surface area (Å²) in [6.07, 6.45) is 2.23. The molecule has 1 aliphatic carbocycles. The number of likely N-dealkylation sites (N-methyl/N-ethyl adjacent to an activating group) is 1. The molecule has 0 spiro atoms. The lowest BCUT2D eigenvalue weighted by molar-refractivity contribution is -0.168. The molecule has 1 heterocycles. The van der Waals surface area contributed by atoms with Crippen LogP contribution in [0.5, 0.6) is 11.5 Å². The van der Waals surface area contributed by atoms with Gasteiger partial charge in [-0.15, -0.1) is 0 Å². The normalized spacial score (nSPS) is 21.4. The minimum atomic E-state index is -1.00. The summed E-state index contributed by atoms with van der Waals surface area (Å²) in [4.78, 5) is 26.6. The molecule has 0 N–H and O–H groups in total. The molecule has 144 valence electrons. The number of carbonyl (C=O) groups excluding carboxylic acids is 2. The standard InChI is InChI=1S/C20H24N2O5/c1-14(18(23)22(2)20(13-21)10-6-3-7-11-20)26-19(24)17-12-25-15-8-4-5-9-16(15)27-17/h4-5,8-9,14,17H,3,6-7,10-12H2,1-2H3/t14-,17-/m0/s1. The molecule has 0 bridgehead atoms. The number of fused-ring (bicyclic) bond motifs is 1. The first kappa shape index (κ1) is 19.0.